The molecule has 0 bridgehead atoms. The lowest BCUT2D eigenvalue weighted by molar-refractivity contribution is 0.591. The van der Waals surface area contributed by atoms with Gasteiger partial charge in [-0.15, -0.1) is 0 Å². The molecule has 0 unspecified atom stereocenters. The molecule has 0 saturated heterocycles. The molecule has 0 radical (unpaired) electrons. The SMILES string of the molecule is CCn1c2ccc(-c3ccc(-c4c5ccccc5c(-c5ccc(-c6ccc7c(c6)c6cc(C(C)(C)C)ccc6n7CC)cc5)c5cc(C(C)(C)C)ccc45)cc3)cc2c2cc(C(C)(C)C)ccc21.CCn1c2ccc(-c3ccc(-c4ccc(-c5c6ccccc6c(-c6ccc(-c7ccc(-c8ccc9c(c8)c8cc(C(C)(C)C)ccc8n9CC)cc7)cc6)c6cc(C(C)(C)C)ccc56)cc4)cc3)cc2c2cc(C(C)(C)C)ccc21. The van der Waals surface area contributed by atoms with Crippen LogP contribution in [-0.4, -0.2) is 18.3 Å². The fourth-order valence-electron chi connectivity index (χ4n) is 23.9. The van der Waals surface area contributed by atoms with E-state index in [4.69, 9.17) is 0 Å². The maximum atomic E-state index is 2.47. The minimum atomic E-state index is -0.0151. The van der Waals surface area contributed by atoms with Gasteiger partial charge in [-0.25, -0.2) is 0 Å². The van der Waals surface area contributed by atoms with Crippen molar-refractivity contribution in [1.82, 2.24) is 18.3 Å². The quantitative estimate of drug-likeness (QED) is 0.0967. The van der Waals surface area contributed by atoms with E-state index < -0.39 is 0 Å². The number of aromatic nitrogens is 4. The van der Waals surface area contributed by atoms with Crippen LogP contribution in [0.25, 0.3) is 242 Å². The van der Waals surface area contributed by atoms with E-state index in [9.17, 15) is 0 Å². The average Bonchev–Trinajstić information content (AvgIpc) is 1.27. The van der Waals surface area contributed by atoms with Crippen molar-refractivity contribution in [1.29, 1.82) is 0 Å². The summed E-state index contributed by atoms with van der Waals surface area (Å²) in [5, 5.41) is 20.8. The largest absolute Gasteiger partial charge is 0.341 e. The Morgan fingerprint density at radius 3 is 0.446 bits per heavy atom. The lowest BCUT2D eigenvalue weighted by Crippen LogP contribution is -2.10. The Bertz CT molecular complexity index is 9400. The number of rotatable bonds is 14. The van der Waals surface area contributed by atoms with Gasteiger partial charge in [-0.2, -0.15) is 0 Å². The highest BCUT2D eigenvalue weighted by atomic mass is 15.0. The van der Waals surface area contributed by atoms with E-state index in [-0.39, 0.29) is 32.5 Å². The predicted molar refractivity (Wildman–Crippen MR) is 644 cm³/mol. The van der Waals surface area contributed by atoms with Gasteiger partial charge in [0.05, 0.1) is 0 Å². The summed E-state index contributed by atoms with van der Waals surface area (Å²) in [6, 6.07) is 144. The van der Waals surface area contributed by atoms with Crippen molar-refractivity contribution in [2.75, 3.05) is 0 Å². The number of fused-ring (bicyclic) bond motifs is 16. The fourth-order valence-corrected chi connectivity index (χ4v) is 23.9. The molecule has 0 spiro atoms. The highest BCUT2D eigenvalue weighted by molar-refractivity contribution is 6.24. The molecular weight excluding hydrogens is 1790 g/mol. The van der Waals surface area contributed by atoms with Crippen LogP contribution in [0.4, 0.5) is 0 Å². The van der Waals surface area contributed by atoms with Crippen LogP contribution in [0.2, 0.25) is 0 Å². The van der Waals surface area contributed by atoms with Gasteiger partial charge in [0.15, 0.2) is 0 Å². The van der Waals surface area contributed by atoms with Crippen LogP contribution in [0.3, 0.4) is 0 Å². The molecular formula is C144H136N4. The van der Waals surface area contributed by atoms with Crippen molar-refractivity contribution in [2.45, 2.75) is 211 Å². The molecule has 4 nitrogen and oxygen atoms in total. The van der Waals surface area contributed by atoms with Gasteiger partial charge in [-0.3, -0.25) is 0 Å². The number of nitrogens with zero attached hydrogens (tertiary/aromatic N) is 4. The molecule has 4 heterocycles. The lowest BCUT2D eigenvalue weighted by atomic mass is 9.81. The maximum absolute atomic E-state index is 2.47. The Morgan fingerprint density at radius 2 is 0.264 bits per heavy atom. The van der Waals surface area contributed by atoms with Gasteiger partial charge in [0.2, 0.25) is 0 Å². The first-order valence-corrected chi connectivity index (χ1v) is 53.8. The van der Waals surface area contributed by atoms with Gasteiger partial charge >= 0.3 is 0 Å². The van der Waals surface area contributed by atoms with E-state index in [0.717, 1.165) is 26.2 Å². The molecule has 0 atom stereocenters. The fraction of sp³-hybridized carbons (Fsp3) is 0.222. The molecule has 0 amide bonds. The highest BCUT2D eigenvalue weighted by Crippen LogP contribution is 2.51. The third kappa shape index (κ3) is 16.9. The zero-order chi connectivity index (χ0) is 103. The molecule has 0 aliphatic rings. The molecule has 4 heteroatoms. The summed E-state index contributed by atoms with van der Waals surface area (Å²) < 4.78 is 9.82. The highest BCUT2D eigenvalue weighted by Gasteiger charge is 2.29. The van der Waals surface area contributed by atoms with Gasteiger partial charge in [0.1, 0.15) is 0 Å². The zero-order valence-electron chi connectivity index (χ0n) is 90.4. The minimum absolute atomic E-state index is 0.00515. The summed E-state index contributed by atoms with van der Waals surface area (Å²) in [4.78, 5) is 0. The van der Waals surface area contributed by atoms with E-state index in [0.29, 0.717) is 0 Å². The zero-order valence-corrected chi connectivity index (χ0v) is 90.4. The second-order valence-electron chi connectivity index (χ2n) is 47.9. The molecule has 0 aliphatic carbocycles. The molecule has 24 aromatic rings. The summed E-state index contributed by atoms with van der Waals surface area (Å²) in [6.07, 6.45) is 0. The lowest BCUT2D eigenvalue weighted by Gasteiger charge is -2.23. The first kappa shape index (κ1) is 96.1. The topological polar surface area (TPSA) is 19.7 Å². The monoisotopic (exact) mass is 1920 g/mol. The van der Waals surface area contributed by atoms with Gasteiger partial charge in [-0.05, 0) is 357 Å². The summed E-state index contributed by atoms with van der Waals surface area (Å²) in [5.41, 5.74) is 43.6. The van der Waals surface area contributed by atoms with Gasteiger partial charge in [0.25, 0.3) is 0 Å². The average molecular weight is 1920 g/mol. The summed E-state index contributed by atoms with van der Waals surface area (Å²) in [6.45, 7) is 54.3. The second-order valence-corrected chi connectivity index (χ2v) is 47.9. The second kappa shape index (κ2) is 36.3. The molecule has 0 saturated carbocycles. The van der Waals surface area contributed by atoms with Crippen LogP contribution < -0.4 is 0 Å². The molecule has 24 rings (SSSR count). The molecule has 732 valence electrons. The third-order valence-electron chi connectivity index (χ3n) is 32.4. The summed E-state index contributed by atoms with van der Waals surface area (Å²) in [7, 11) is 0. The van der Waals surface area contributed by atoms with Crippen molar-refractivity contribution < 1.29 is 0 Å². The van der Waals surface area contributed by atoms with Gasteiger partial charge in [-0.1, -0.05) is 392 Å². The molecule has 4 aromatic heterocycles. The Labute approximate surface area is 874 Å². The van der Waals surface area contributed by atoms with Crippen molar-refractivity contribution in [3.05, 3.63) is 409 Å². The Balaban J connectivity index is 0.000000165. The maximum Gasteiger partial charge on any atom is 0.0491 e. The Morgan fingerprint density at radius 1 is 0.128 bits per heavy atom. The molecule has 20 aromatic carbocycles. The smallest absolute Gasteiger partial charge is 0.0491 e. The van der Waals surface area contributed by atoms with E-state index in [1.165, 1.54) is 275 Å². The van der Waals surface area contributed by atoms with Crippen LogP contribution in [0.1, 0.15) is 186 Å². The first-order chi connectivity index (χ1) is 71.0. The first-order valence-electron chi connectivity index (χ1n) is 53.8. The van der Waals surface area contributed by atoms with Gasteiger partial charge in [0, 0.05) is 113 Å². The molecule has 0 N–H and O–H groups in total. The van der Waals surface area contributed by atoms with E-state index in [1.54, 1.807) is 0 Å². The third-order valence-corrected chi connectivity index (χ3v) is 32.4. The van der Waals surface area contributed by atoms with Crippen molar-refractivity contribution in [2.24, 2.45) is 0 Å². The number of benzene rings is 20. The summed E-state index contributed by atoms with van der Waals surface area (Å²) >= 11 is 0. The van der Waals surface area contributed by atoms with E-state index in [2.05, 4.69) is 547 Å². The minimum Gasteiger partial charge on any atom is -0.341 e. The van der Waals surface area contributed by atoms with Crippen molar-refractivity contribution in [3.8, 4) is 111 Å². The Hall–Kier alpha value is -15.4. The standard InChI is InChI=1S/C78H72N2.C66H64N2/c1-12-79-70-40-34-57(44-65(70)67-46-60(77(6,7)8)37-42-72(67)79)53-22-18-49(19-23-53)51-26-30-55(31-27-51)74-62-16-14-15-17-63(62)75(69-48-59(76(3,4)5)36-39-64(69)74)56-32-28-52(29-33-56)50-20-24-54(25-21-50)58-35-41-71-66(45-58)68-47-61(78(9,10)11)38-43-73(68)80(71)13-2;1-12-67-58-32-26-45(36-53(58)55-38-48(65(6,7)8)29-34-60(55)67)41-18-22-43(23-19-41)62-50-16-14-15-17-51(50)63(57-40-47(64(3,4)5)28-31-52(57)62)44-24-20-42(21-25-44)46-27-33-59-54(37-46)56-39-49(66(9,10)11)30-35-61(56)68(59)13-2/h14-48H,12-13H2,1-11H3;14-40H,12-13H2,1-11H3. The van der Waals surface area contributed by atoms with Crippen molar-refractivity contribution >= 4 is 130 Å². The Kier molecular flexibility index (Phi) is 23.6. The number of hydrogen-bond donors (Lipinski definition) is 0. The van der Waals surface area contributed by atoms with Gasteiger partial charge < -0.3 is 18.3 Å². The summed E-state index contributed by atoms with van der Waals surface area (Å²) in [5.74, 6) is 0. The molecule has 0 fully saturated rings. The predicted octanol–water partition coefficient (Wildman–Crippen LogP) is 41.0. The van der Waals surface area contributed by atoms with Crippen LogP contribution in [0, 0.1) is 0 Å². The number of aryl methyl sites for hydroxylation is 4. The van der Waals surface area contributed by atoms with Crippen LogP contribution in [-0.2, 0) is 58.7 Å². The number of hydrogen-bond acceptors (Lipinski definition) is 0. The van der Waals surface area contributed by atoms with Crippen molar-refractivity contribution in [3.63, 3.8) is 0 Å². The van der Waals surface area contributed by atoms with Crippen LogP contribution in [0.15, 0.2) is 376 Å². The molecule has 0 aliphatic heterocycles. The molecule has 148 heavy (non-hydrogen) atoms. The van der Waals surface area contributed by atoms with Crippen LogP contribution >= 0.6 is 0 Å². The normalized spacial score (nSPS) is 12.6. The van der Waals surface area contributed by atoms with Crippen LogP contribution in [0.5, 0.6) is 0 Å². The van der Waals surface area contributed by atoms with E-state index >= 15 is 0 Å². The van der Waals surface area contributed by atoms with E-state index in [1.807, 2.05) is 0 Å².